The minimum Gasteiger partial charge on any atom is -0.482 e. The third kappa shape index (κ3) is 11.3. The minimum atomic E-state index is -4.80. The second-order valence-corrected chi connectivity index (χ2v) is 21.5. The molecule has 8 rings (SSSR count). The molecule has 2 aromatic heterocycles. The van der Waals surface area contributed by atoms with Gasteiger partial charge in [-0.05, 0) is 118 Å². The van der Waals surface area contributed by atoms with Gasteiger partial charge in [0.15, 0.2) is 11.7 Å². The molecule has 3 saturated heterocycles. The number of nitrogens with zero attached hydrogens (tertiary/aromatic N) is 7. The monoisotopic (exact) mass is 1050 g/mol. The number of ether oxygens (including phenoxy) is 2. The van der Waals surface area contributed by atoms with Gasteiger partial charge in [-0.2, -0.15) is 18.4 Å². The summed E-state index contributed by atoms with van der Waals surface area (Å²) in [6.07, 6.45) is -0.894. The third-order valence-corrected chi connectivity index (χ3v) is 15.0. The van der Waals surface area contributed by atoms with Crippen molar-refractivity contribution in [2.24, 2.45) is 5.41 Å². The van der Waals surface area contributed by atoms with E-state index in [0.717, 1.165) is 44.4 Å². The molecule has 0 bridgehead atoms. The predicted octanol–water partition coefficient (Wildman–Crippen LogP) is 9.15. The maximum Gasteiger partial charge on any atom is 0.417 e. The zero-order valence-electron chi connectivity index (χ0n) is 42.2. The molecule has 3 aliphatic heterocycles. The molecule has 5 heterocycles. The molecular weight excluding hydrogens is 992 g/mol. The molecule has 15 nitrogen and oxygen atoms in total. The largest absolute Gasteiger partial charge is 0.482 e. The van der Waals surface area contributed by atoms with Gasteiger partial charge >= 0.3 is 6.18 Å². The first kappa shape index (κ1) is 53.2. The highest BCUT2D eigenvalue weighted by Crippen LogP contribution is 2.40. The van der Waals surface area contributed by atoms with E-state index >= 15 is 0 Å². The van der Waals surface area contributed by atoms with Crippen LogP contribution in [-0.2, 0) is 25.4 Å². The van der Waals surface area contributed by atoms with Crippen molar-refractivity contribution in [3.8, 4) is 28.1 Å². The van der Waals surface area contributed by atoms with Crippen LogP contribution in [0.2, 0.25) is 0 Å². The Kier molecular flexibility index (Phi) is 15.4. The normalized spacial score (nSPS) is 18.0. The number of carbonyl (C=O) groups excluding carboxylic acids is 4. The highest BCUT2D eigenvalue weighted by molar-refractivity contribution is 7.81. The Morgan fingerprint density at radius 1 is 0.919 bits per heavy atom. The van der Waals surface area contributed by atoms with E-state index in [9.17, 15) is 37.6 Å². The number of benzene rings is 3. The van der Waals surface area contributed by atoms with Crippen LogP contribution in [-0.4, -0.2) is 93.6 Å². The molecule has 0 aliphatic carbocycles. The smallest absolute Gasteiger partial charge is 0.417 e. The number of piperidine rings is 1. The number of nitrogens with one attached hydrogen (secondary N) is 2. The summed E-state index contributed by atoms with van der Waals surface area (Å²) in [4.78, 5) is 71.1. The molecule has 4 amide bonds. The molecule has 0 radical (unpaired) electrons. The van der Waals surface area contributed by atoms with Crippen LogP contribution in [0.15, 0.2) is 90.6 Å². The lowest BCUT2D eigenvalue weighted by molar-refractivity contribution is -0.144. The Labute approximate surface area is 437 Å². The average Bonchev–Trinajstić information content (AvgIpc) is 4.08. The Morgan fingerprint density at radius 2 is 1.59 bits per heavy atom. The third-order valence-electron chi connectivity index (χ3n) is 13.7. The molecule has 3 fully saturated rings. The lowest BCUT2D eigenvalue weighted by Gasteiger charge is -2.35. The van der Waals surface area contributed by atoms with Gasteiger partial charge in [0.1, 0.15) is 29.5 Å². The van der Waals surface area contributed by atoms with Crippen molar-refractivity contribution in [1.82, 2.24) is 25.5 Å². The molecule has 0 saturated carbocycles. The van der Waals surface area contributed by atoms with Crippen molar-refractivity contribution in [3.05, 3.63) is 113 Å². The fourth-order valence-corrected chi connectivity index (χ4v) is 10.9. The second-order valence-electron chi connectivity index (χ2n) is 20.3. The number of hydrogen-bond acceptors (Lipinski definition) is 12. The fourth-order valence-electron chi connectivity index (χ4n) is 9.56. The number of carbonyl (C=O) groups is 4. The number of alkyl halides is 3. The van der Waals surface area contributed by atoms with E-state index in [1.807, 2.05) is 88.7 Å². The van der Waals surface area contributed by atoms with Gasteiger partial charge < -0.3 is 34.8 Å². The van der Waals surface area contributed by atoms with Gasteiger partial charge in [0.2, 0.25) is 17.7 Å². The van der Waals surface area contributed by atoms with Gasteiger partial charge in [0.25, 0.3) is 11.8 Å². The number of likely N-dealkylation sites (tertiary alicyclic amines) is 1. The highest BCUT2D eigenvalue weighted by atomic mass is 32.1. The molecule has 3 aromatic carbocycles. The molecule has 3 aliphatic rings. The summed E-state index contributed by atoms with van der Waals surface area (Å²) in [6, 6.07) is 21.6. The molecule has 3 atom stereocenters. The SMILES string of the molecule is Cc1ncsc1-c1ccc([C@H](C)NC(=O)[C@@H]2CCCN2C(=O)C(NC(=O)COc2ccc(OC3CCN(c4ccc(N5C(=S)N(c6ccc(C#N)c(C(F)(F)F)c6)C(=O)C5(C)C)cc4)CC3)nc2)C(C)(C)C)cc1. The Morgan fingerprint density at radius 3 is 2.20 bits per heavy atom. The summed E-state index contributed by atoms with van der Waals surface area (Å²) in [5.41, 5.74) is 2.64. The first-order valence-corrected chi connectivity index (χ1v) is 25.6. The number of hydrogen-bond donors (Lipinski definition) is 2. The number of nitriles is 1. The number of rotatable bonds is 14. The van der Waals surface area contributed by atoms with Crippen molar-refractivity contribution in [1.29, 1.82) is 5.26 Å². The summed E-state index contributed by atoms with van der Waals surface area (Å²) in [7, 11) is 0. The number of aryl methyl sites for hydroxylation is 1. The van der Waals surface area contributed by atoms with Crippen LogP contribution >= 0.6 is 23.6 Å². The van der Waals surface area contributed by atoms with Gasteiger partial charge in [-0.15, -0.1) is 11.3 Å². The quantitative estimate of drug-likeness (QED) is 0.101. The number of amides is 4. The van der Waals surface area contributed by atoms with Gasteiger partial charge in [0.05, 0.1) is 51.2 Å². The number of halogens is 3. The summed E-state index contributed by atoms with van der Waals surface area (Å²) in [6.45, 7) is 14.2. The van der Waals surface area contributed by atoms with Crippen molar-refractivity contribution < 1.29 is 41.8 Å². The Hall–Kier alpha value is -7.11. The first-order valence-electron chi connectivity index (χ1n) is 24.4. The molecule has 74 heavy (non-hydrogen) atoms. The van der Waals surface area contributed by atoms with Crippen molar-refractivity contribution in [2.75, 3.05) is 40.9 Å². The van der Waals surface area contributed by atoms with Crippen LogP contribution in [0.1, 0.15) is 95.7 Å². The number of pyridine rings is 1. The number of aromatic nitrogens is 2. The van der Waals surface area contributed by atoms with Crippen LogP contribution in [0, 0.1) is 23.7 Å². The van der Waals surface area contributed by atoms with Crippen LogP contribution in [0.25, 0.3) is 10.4 Å². The van der Waals surface area contributed by atoms with Crippen LogP contribution in [0.5, 0.6) is 11.6 Å². The summed E-state index contributed by atoms with van der Waals surface area (Å²) in [5.74, 6) is -0.845. The van der Waals surface area contributed by atoms with E-state index in [0.29, 0.717) is 62.6 Å². The second kappa shape index (κ2) is 21.4. The van der Waals surface area contributed by atoms with Crippen LogP contribution in [0.4, 0.5) is 30.2 Å². The molecule has 388 valence electrons. The summed E-state index contributed by atoms with van der Waals surface area (Å²) in [5, 5.41) is 15.2. The van der Waals surface area contributed by atoms with Gasteiger partial charge in [0, 0.05) is 49.9 Å². The van der Waals surface area contributed by atoms with Gasteiger partial charge in [-0.3, -0.25) is 24.1 Å². The molecular formula is C54H58F3N9O6S2. The Bertz CT molecular complexity index is 2950. The fraction of sp³-hybridized carbons (Fsp3) is 0.407. The standard InChI is InChI=1S/C54H58F3N9O6S2/c1-32(34-10-12-35(13-11-34)46-33(2)60-31-74-46)61-48(68)43-9-8-24-64(43)49(69)47(52(3,4)5)62-44(67)30-71-41-20-21-45(59-29-41)72-40-22-25-63(26-23-40)37-16-18-38(19-17-37)66-51(73)65(50(70)53(66,6)7)39-15-14-36(28-58)42(27-39)54(55,56)57/h10-21,27,29,31-32,40,43,47H,8-9,22-26,30H2,1-7H3,(H,61,68)(H,62,67)/t32-,43-,47?/m0/s1. The van der Waals surface area contributed by atoms with E-state index in [-0.39, 0.29) is 41.4 Å². The lowest BCUT2D eigenvalue weighted by atomic mass is 9.85. The van der Waals surface area contributed by atoms with E-state index in [4.69, 9.17) is 21.7 Å². The summed E-state index contributed by atoms with van der Waals surface area (Å²) >= 11 is 7.28. The average molecular weight is 1050 g/mol. The maximum atomic E-state index is 14.1. The Balaban J connectivity index is 0.798. The zero-order chi connectivity index (χ0) is 53.3. The minimum absolute atomic E-state index is 0.0169. The number of thiazole rings is 1. The van der Waals surface area contributed by atoms with E-state index in [2.05, 4.69) is 25.5 Å². The number of anilines is 3. The van der Waals surface area contributed by atoms with E-state index in [1.54, 1.807) is 53.2 Å². The topological polar surface area (TPSA) is 173 Å². The maximum absolute atomic E-state index is 14.1. The van der Waals surface area contributed by atoms with Crippen LogP contribution < -0.4 is 34.8 Å². The summed E-state index contributed by atoms with van der Waals surface area (Å²) < 4.78 is 53.4. The predicted molar refractivity (Wildman–Crippen MR) is 280 cm³/mol. The number of thiocarbonyl (C=S) groups is 1. The molecule has 0 spiro atoms. The first-order chi connectivity index (χ1) is 35.0. The van der Waals surface area contributed by atoms with Crippen molar-refractivity contribution >= 4 is 69.4 Å². The van der Waals surface area contributed by atoms with Crippen molar-refractivity contribution in [3.63, 3.8) is 0 Å². The molecule has 1 unspecified atom stereocenters. The molecule has 5 aromatic rings. The van der Waals surface area contributed by atoms with Crippen molar-refractivity contribution in [2.45, 2.75) is 110 Å². The highest BCUT2D eigenvalue weighted by Gasteiger charge is 2.51. The van der Waals surface area contributed by atoms with Crippen LogP contribution in [0.3, 0.4) is 0 Å². The lowest BCUT2D eigenvalue weighted by Crippen LogP contribution is -2.58. The van der Waals surface area contributed by atoms with E-state index in [1.165, 1.54) is 12.3 Å². The zero-order valence-corrected chi connectivity index (χ0v) is 43.8. The molecule has 20 heteroatoms. The van der Waals surface area contributed by atoms with Gasteiger partial charge in [-0.1, -0.05) is 45.0 Å². The van der Waals surface area contributed by atoms with E-state index < -0.39 is 52.2 Å². The molecule has 2 N–H and O–H groups in total. The van der Waals surface area contributed by atoms with Gasteiger partial charge in [-0.25, -0.2) is 9.97 Å².